The van der Waals surface area contributed by atoms with E-state index in [1.54, 1.807) is 23.1 Å². The van der Waals surface area contributed by atoms with Crippen LogP contribution in [-0.2, 0) is 29.0 Å². The summed E-state index contributed by atoms with van der Waals surface area (Å²) < 4.78 is 0. The third kappa shape index (κ3) is 7.85. The first-order valence-corrected chi connectivity index (χ1v) is 14.3. The number of aryl methyl sites for hydroxylation is 2. The SMILES string of the molecule is Cc1ccc(CCC(=O)N(Cc2c(Cl)cccc2Cl)[C@H](Cc2ccccc2)C(=O)NC2CCCCC2)cc1. The second-order valence-electron chi connectivity index (χ2n) is 10.3. The fourth-order valence-electron chi connectivity index (χ4n) is 5.10. The van der Waals surface area contributed by atoms with Crippen molar-refractivity contribution in [2.24, 2.45) is 0 Å². The van der Waals surface area contributed by atoms with Crippen molar-refractivity contribution in [3.05, 3.63) is 105 Å². The number of carbonyl (C=O) groups is 2. The summed E-state index contributed by atoms with van der Waals surface area (Å²) in [5, 5.41) is 4.24. The molecule has 1 N–H and O–H groups in total. The summed E-state index contributed by atoms with van der Waals surface area (Å²) in [6, 6.07) is 22.9. The molecule has 0 bridgehead atoms. The molecule has 4 nitrogen and oxygen atoms in total. The van der Waals surface area contributed by atoms with Crippen molar-refractivity contribution in [2.45, 2.75) is 76.9 Å². The Labute approximate surface area is 236 Å². The Morgan fingerprint density at radius 3 is 2.18 bits per heavy atom. The minimum atomic E-state index is -0.683. The summed E-state index contributed by atoms with van der Waals surface area (Å²) >= 11 is 13.1. The summed E-state index contributed by atoms with van der Waals surface area (Å²) in [6.07, 6.45) is 6.67. The Balaban J connectivity index is 1.64. The van der Waals surface area contributed by atoms with Crippen LogP contribution in [-0.4, -0.2) is 28.8 Å². The predicted octanol–water partition coefficient (Wildman–Crippen LogP) is 7.32. The predicted molar refractivity (Wildman–Crippen MR) is 155 cm³/mol. The van der Waals surface area contributed by atoms with Crippen molar-refractivity contribution in [3.8, 4) is 0 Å². The van der Waals surface area contributed by atoms with Gasteiger partial charge in [0.2, 0.25) is 11.8 Å². The summed E-state index contributed by atoms with van der Waals surface area (Å²) in [5.41, 5.74) is 3.92. The number of hydrogen-bond acceptors (Lipinski definition) is 2. The monoisotopic (exact) mass is 550 g/mol. The van der Waals surface area contributed by atoms with Crippen LogP contribution in [0.2, 0.25) is 10.0 Å². The van der Waals surface area contributed by atoms with Crippen molar-refractivity contribution in [1.82, 2.24) is 10.2 Å². The summed E-state index contributed by atoms with van der Waals surface area (Å²) in [4.78, 5) is 29.4. The number of hydrogen-bond donors (Lipinski definition) is 1. The van der Waals surface area contributed by atoms with Crippen LogP contribution >= 0.6 is 23.2 Å². The molecular formula is C32H36Cl2N2O2. The molecule has 6 heteroatoms. The Morgan fingerprint density at radius 2 is 1.53 bits per heavy atom. The molecule has 0 unspecified atom stereocenters. The lowest BCUT2D eigenvalue weighted by atomic mass is 9.94. The standard InChI is InChI=1S/C32H36Cl2N2O2/c1-23-15-17-24(18-16-23)19-20-31(37)36(22-27-28(33)13-8-14-29(27)34)30(21-25-9-4-2-5-10-25)32(38)35-26-11-6-3-7-12-26/h2,4-5,8-10,13-18,26,30H,3,6-7,11-12,19-22H2,1H3,(H,35,38)/t30-/m1/s1. The van der Waals surface area contributed by atoms with E-state index in [1.165, 1.54) is 12.0 Å². The molecule has 1 aliphatic carbocycles. The van der Waals surface area contributed by atoms with Crippen molar-refractivity contribution >= 4 is 35.0 Å². The van der Waals surface area contributed by atoms with Crippen LogP contribution in [0, 0.1) is 6.92 Å². The Bertz CT molecular complexity index is 1190. The molecule has 0 radical (unpaired) electrons. The van der Waals surface area contributed by atoms with Crippen LogP contribution in [0.25, 0.3) is 0 Å². The van der Waals surface area contributed by atoms with Crippen LogP contribution in [0.3, 0.4) is 0 Å². The summed E-state index contributed by atoms with van der Waals surface area (Å²) in [7, 11) is 0. The molecule has 1 saturated carbocycles. The Morgan fingerprint density at radius 1 is 0.868 bits per heavy atom. The van der Waals surface area contributed by atoms with E-state index < -0.39 is 6.04 Å². The van der Waals surface area contributed by atoms with Crippen molar-refractivity contribution in [1.29, 1.82) is 0 Å². The first-order valence-electron chi connectivity index (χ1n) is 13.5. The van der Waals surface area contributed by atoms with E-state index in [0.29, 0.717) is 28.5 Å². The Kier molecular flexibility index (Phi) is 10.3. The molecule has 1 fully saturated rings. The first kappa shape index (κ1) is 28.2. The highest BCUT2D eigenvalue weighted by Gasteiger charge is 2.32. The number of nitrogens with one attached hydrogen (secondary N) is 1. The molecule has 38 heavy (non-hydrogen) atoms. The molecule has 0 aliphatic heterocycles. The van der Waals surface area contributed by atoms with Gasteiger partial charge in [-0.2, -0.15) is 0 Å². The first-order chi connectivity index (χ1) is 18.4. The van der Waals surface area contributed by atoms with Crippen LogP contribution in [0.5, 0.6) is 0 Å². The lowest BCUT2D eigenvalue weighted by Gasteiger charge is -2.34. The van der Waals surface area contributed by atoms with E-state index in [0.717, 1.165) is 36.8 Å². The fraction of sp³-hybridized carbons (Fsp3) is 0.375. The van der Waals surface area contributed by atoms with Crippen molar-refractivity contribution in [3.63, 3.8) is 0 Å². The zero-order valence-electron chi connectivity index (χ0n) is 22.0. The van der Waals surface area contributed by atoms with Gasteiger partial charge in [0.1, 0.15) is 6.04 Å². The van der Waals surface area contributed by atoms with Gasteiger partial charge in [-0.15, -0.1) is 0 Å². The number of rotatable bonds is 10. The number of halogens is 2. The topological polar surface area (TPSA) is 49.4 Å². The average molecular weight is 552 g/mol. The third-order valence-electron chi connectivity index (χ3n) is 7.36. The number of carbonyl (C=O) groups excluding carboxylic acids is 2. The molecule has 3 aromatic rings. The number of benzene rings is 3. The number of amides is 2. The summed E-state index contributed by atoms with van der Waals surface area (Å²) in [5.74, 6) is -0.214. The third-order valence-corrected chi connectivity index (χ3v) is 8.07. The highest BCUT2D eigenvalue weighted by molar-refractivity contribution is 6.36. The smallest absolute Gasteiger partial charge is 0.243 e. The van der Waals surface area contributed by atoms with Gasteiger partial charge in [-0.1, -0.05) is 109 Å². The number of nitrogens with zero attached hydrogens (tertiary/aromatic N) is 1. The lowest BCUT2D eigenvalue weighted by Crippen LogP contribution is -2.53. The van der Waals surface area contributed by atoms with Gasteiger partial charge >= 0.3 is 0 Å². The molecule has 1 aliphatic rings. The molecule has 3 aromatic carbocycles. The lowest BCUT2D eigenvalue weighted by molar-refractivity contribution is -0.141. The molecule has 0 heterocycles. The minimum Gasteiger partial charge on any atom is -0.352 e. The van der Waals surface area contributed by atoms with Crippen LogP contribution < -0.4 is 5.32 Å². The van der Waals surface area contributed by atoms with Gasteiger partial charge in [0.25, 0.3) is 0 Å². The van der Waals surface area contributed by atoms with E-state index in [4.69, 9.17) is 23.2 Å². The highest BCUT2D eigenvalue weighted by Crippen LogP contribution is 2.28. The van der Waals surface area contributed by atoms with Crippen LogP contribution in [0.4, 0.5) is 0 Å². The van der Waals surface area contributed by atoms with Crippen LogP contribution in [0.1, 0.15) is 60.8 Å². The molecule has 1 atom stereocenters. The fourth-order valence-corrected chi connectivity index (χ4v) is 5.62. The second kappa shape index (κ2) is 13.8. The van der Waals surface area contributed by atoms with E-state index in [2.05, 4.69) is 29.6 Å². The molecule has 0 saturated heterocycles. The van der Waals surface area contributed by atoms with Gasteiger partial charge in [-0.25, -0.2) is 0 Å². The van der Waals surface area contributed by atoms with Gasteiger partial charge in [-0.3, -0.25) is 9.59 Å². The largest absolute Gasteiger partial charge is 0.352 e. The van der Waals surface area contributed by atoms with E-state index in [1.807, 2.05) is 37.3 Å². The average Bonchev–Trinajstić information content (AvgIpc) is 2.92. The van der Waals surface area contributed by atoms with Gasteiger partial charge in [0, 0.05) is 41.0 Å². The van der Waals surface area contributed by atoms with E-state index in [-0.39, 0.29) is 30.8 Å². The maximum absolute atomic E-state index is 13.9. The van der Waals surface area contributed by atoms with E-state index in [9.17, 15) is 9.59 Å². The quantitative estimate of drug-likeness (QED) is 0.287. The summed E-state index contributed by atoms with van der Waals surface area (Å²) in [6.45, 7) is 2.21. The van der Waals surface area contributed by atoms with Crippen molar-refractivity contribution < 1.29 is 9.59 Å². The van der Waals surface area contributed by atoms with Gasteiger partial charge in [0.15, 0.2) is 0 Å². The second-order valence-corrected chi connectivity index (χ2v) is 11.1. The molecule has 0 spiro atoms. The zero-order chi connectivity index (χ0) is 26.9. The highest BCUT2D eigenvalue weighted by atomic mass is 35.5. The maximum atomic E-state index is 13.9. The molecule has 0 aromatic heterocycles. The zero-order valence-corrected chi connectivity index (χ0v) is 23.5. The normalized spacial score (nSPS) is 14.6. The molecule has 2 amide bonds. The van der Waals surface area contributed by atoms with Crippen LogP contribution in [0.15, 0.2) is 72.8 Å². The van der Waals surface area contributed by atoms with E-state index >= 15 is 0 Å². The van der Waals surface area contributed by atoms with Gasteiger partial charge in [-0.05, 0) is 49.4 Å². The minimum absolute atomic E-state index is 0.0960. The van der Waals surface area contributed by atoms with Gasteiger partial charge in [0.05, 0.1) is 0 Å². The molecule has 4 rings (SSSR count). The molecular weight excluding hydrogens is 515 g/mol. The maximum Gasteiger partial charge on any atom is 0.243 e. The van der Waals surface area contributed by atoms with Crippen molar-refractivity contribution in [2.75, 3.05) is 0 Å². The Hall–Kier alpha value is -2.82. The van der Waals surface area contributed by atoms with Gasteiger partial charge < -0.3 is 10.2 Å². The molecule has 200 valence electrons.